The van der Waals surface area contributed by atoms with Gasteiger partial charge >= 0.3 is 0 Å². The summed E-state index contributed by atoms with van der Waals surface area (Å²) in [5.41, 5.74) is 1.30. The third-order valence-electron chi connectivity index (χ3n) is 2.98. The zero-order valence-corrected chi connectivity index (χ0v) is 12.2. The van der Waals surface area contributed by atoms with Crippen LogP contribution in [0.25, 0.3) is 0 Å². The third-order valence-corrected chi connectivity index (χ3v) is 2.98. The summed E-state index contributed by atoms with van der Waals surface area (Å²) in [6, 6.07) is 8.34. The second kappa shape index (κ2) is 8.15. The summed E-state index contributed by atoms with van der Waals surface area (Å²) in [5.74, 6) is 2.08. The number of hydrogen-bond donors (Lipinski definition) is 1. The van der Waals surface area contributed by atoms with E-state index in [0.29, 0.717) is 11.8 Å². The molecule has 0 amide bonds. The standard InChI is InChI=1S/C16H27NO/c1-5-10-17-11-14(4)12-18-16-9-7-6-8-15(16)13(2)3/h6-9,13-14,17H,5,10-12H2,1-4H3. The molecule has 2 heteroatoms. The zero-order valence-electron chi connectivity index (χ0n) is 12.2. The summed E-state index contributed by atoms with van der Waals surface area (Å²) in [7, 11) is 0. The first kappa shape index (κ1) is 15.0. The Bertz CT molecular complexity index is 336. The van der Waals surface area contributed by atoms with Crippen LogP contribution in [0.15, 0.2) is 24.3 Å². The highest BCUT2D eigenvalue weighted by atomic mass is 16.5. The van der Waals surface area contributed by atoms with Crippen LogP contribution in [0.3, 0.4) is 0 Å². The van der Waals surface area contributed by atoms with Gasteiger partial charge in [-0.25, -0.2) is 0 Å². The van der Waals surface area contributed by atoms with E-state index in [9.17, 15) is 0 Å². The fourth-order valence-electron chi connectivity index (χ4n) is 1.91. The summed E-state index contributed by atoms with van der Waals surface area (Å²) < 4.78 is 5.95. The molecule has 0 aromatic heterocycles. The Hall–Kier alpha value is -1.02. The normalized spacial score (nSPS) is 12.7. The van der Waals surface area contributed by atoms with Gasteiger partial charge in [-0.3, -0.25) is 0 Å². The lowest BCUT2D eigenvalue weighted by atomic mass is 10.0. The monoisotopic (exact) mass is 249 g/mol. The molecule has 1 atom stereocenters. The molecule has 0 fully saturated rings. The van der Waals surface area contributed by atoms with Crippen LogP contribution in [-0.2, 0) is 0 Å². The van der Waals surface area contributed by atoms with Gasteiger partial charge in [0.15, 0.2) is 0 Å². The number of para-hydroxylation sites is 1. The van der Waals surface area contributed by atoms with Crippen molar-refractivity contribution in [3.05, 3.63) is 29.8 Å². The molecule has 0 saturated carbocycles. The topological polar surface area (TPSA) is 21.3 Å². The minimum Gasteiger partial charge on any atom is -0.493 e. The van der Waals surface area contributed by atoms with E-state index in [0.717, 1.165) is 25.4 Å². The van der Waals surface area contributed by atoms with Crippen molar-refractivity contribution < 1.29 is 4.74 Å². The van der Waals surface area contributed by atoms with Crippen molar-refractivity contribution in [1.29, 1.82) is 0 Å². The number of ether oxygens (including phenoxy) is 1. The molecule has 102 valence electrons. The van der Waals surface area contributed by atoms with Crippen LogP contribution in [0.5, 0.6) is 5.75 Å². The van der Waals surface area contributed by atoms with Crippen molar-refractivity contribution >= 4 is 0 Å². The fourth-order valence-corrected chi connectivity index (χ4v) is 1.91. The van der Waals surface area contributed by atoms with E-state index in [1.165, 1.54) is 12.0 Å². The first-order chi connectivity index (χ1) is 8.65. The van der Waals surface area contributed by atoms with Crippen molar-refractivity contribution in [2.75, 3.05) is 19.7 Å². The van der Waals surface area contributed by atoms with Crippen molar-refractivity contribution in [3.8, 4) is 5.75 Å². The molecular weight excluding hydrogens is 222 g/mol. The molecule has 0 spiro atoms. The molecule has 1 aromatic rings. The highest BCUT2D eigenvalue weighted by Crippen LogP contribution is 2.26. The van der Waals surface area contributed by atoms with Crippen molar-refractivity contribution in [2.45, 2.75) is 40.0 Å². The van der Waals surface area contributed by atoms with E-state index < -0.39 is 0 Å². The SMILES string of the molecule is CCCNCC(C)COc1ccccc1C(C)C. The largest absolute Gasteiger partial charge is 0.493 e. The predicted octanol–water partition coefficient (Wildman–Crippen LogP) is 3.82. The number of nitrogens with one attached hydrogen (secondary N) is 1. The molecule has 0 aliphatic rings. The second-order valence-electron chi connectivity index (χ2n) is 5.31. The molecule has 18 heavy (non-hydrogen) atoms. The van der Waals surface area contributed by atoms with Crippen LogP contribution in [0.2, 0.25) is 0 Å². The molecule has 0 bridgehead atoms. The van der Waals surface area contributed by atoms with E-state index in [1.807, 2.05) is 6.07 Å². The second-order valence-corrected chi connectivity index (χ2v) is 5.31. The Kier molecular flexibility index (Phi) is 6.81. The third kappa shape index (κ3) is 5.09. The first-order valence-corrected chi connectivity index (χ1v) is 7.07. The van der Waals surface area contributed by atoms with E-state index in [1.54, 1.807) is 0 Å². The van der Waals surface area contributed by atoms with Gasteiger partial charge < -0.3 is 10.1 Å². The maximum absolute atomic E-state index is 5.95. The van der Waals surface area contributed by atoms with Crippen LogP contribution in [0, 0.1) is 5.92 Å². The maximum Gasteiger partial charge on any atom is 0.122 e. The van der Waals surface area contributed by atoms with Gasteiger partial charge in [0.05, 0.1) is 6.61 Å². The van der Waals surface area contributed by atoms with Crippen molar-refractivity contribution in [2.24, 2.45) is 5.92 Å². The van der Waals surface area contributed by atoms with Gasteiger partial charge in [-0.1, -0.05) is 45.9 Å². The van der Waals surface area contributed by atoms with Crippen LogP contribution in [0.4, 0.5) is 0 Å². The van der Waals surface area contributed by atoms with Gasteiger partial charge in [-0.2, -0.15) is 0 Å². The summed E-state index contributed by atoms with van der Waals surface area (Å²) >= 11 is 0. The fraction of sp³-hybridized carbons (Fsp3) is 0.625. The molecule has 0 radical (unpaired) electrons. The van der Waals surface area contributed by atoms with E-state index >= 15 is 0 Å². The average Bonchev–Trinajstić information content (AvgIpc) is 2.37. The molecular formula is C16H27NO. The first-order valence-electron chi connectivity index (χ1n) is 7.07. The van der Waals surface area contributed by atoms with Crippen LogP contribution >= 0.6 is 0 Å². The molecule has 0 aliphatic carbocycles. The highest BCUT2D eigenvalue weighted by molar-refractivity contribution is 5.35. The number of hydrogen-bond acceptors (Lipinski definition) is 2. The summed E-state index contributed by atoms with van der Waals surface area (Å²) in [6.45, 7) is 11.7. The van der Waals surface area contributed by atoms with Gasteiger partial charge in [-0.05, 0) is 30.5 Å². The highest BCUT2D eigenvalue weighted by Gasteiger charge is 2.08. The minimum atomic E-state index is 0.509. The maximum atomic E-state index is 5.95. The van der Waals surface area contributed by atoms with E-state index in [2.05, 4.69) is 51.2 Å². The molecule has 0 heterocycles. The molecule has 0 aliphatic heterocycles. The smallest absolute Gasteiger partial charge is 0.122 e. The van der Waals surface area contributed by atoms with E-state index in [-0.39, 0.29) is 0 Å². The molecule has 1 rings (SSSR count). The molecule has 2 nitrogen and oxygen atoms in total. The molecule has 1 unspecified atom stereocenters. The summed E-state index contributed by atoms with van der Waals surface area (Å²) in [6.07, 6.45) is 1.18. The summed E-state index contributed by atoms with van der Waals surface area (Å²) in [5, 5.41) is 3.43. The van der Waals surface area contributed by atoms with Gasteiger partial charge in [-0.15, -0.1) is 0 Å². The Labute approximate surface area is 112 Å². The molecule has 1 aromatic carbocycles. The van der Waals surface area contributed by atoms with Crippen LogP contribution in [-0.4, -0.2) is 19.7 Å². The van der Waals surface area contributed by atoms with E-state index in [4.69, 9.17) is 4.74 Å². The lowest BCUT2D eigenvalue weighted by molar-refractivity contribution is 0.253. The predicted molar refractivity (Wildman–Crippen MR) is 78.4 cm³/mol. The Morgan fingerprint density at radius 2 is 1.89 bits per heavy atom. The quantitative estimate of drug-likeness (QED) is 0.707. The Morgan fingerprint density at radius 1 is 1.17 bits per heavy atom. The van der Waals surface area contributed by atoms with Gasteiger partial charge in [0.2, 0.25) is 0 Å². The van der Waals surface area contributed by atoms with Crippen LogP contribution < -0.4 is 10.1 Å². The van der Waals surface area contributed by atoms with Crippen molar-refractivity contribution in [3.63, 3.8) is 0 Å². The van der Waals surface area contributed by atoms with Gasteiger partial charge in [0, 0.05) is 12.5 Å². The Balaban J connectivity index is 2.43. The average molecular weight is 249 g/mol. The van der Waals surface area contributed by atoms with Crippen LogP contribution in [0.1, 0.15) is 45.6 Å². The lowest BCUT2D eigenvalue weighted by Gasteiger charge is -2.17. The Morgan fingerprint density at radius 3 is 2.56 bits per heavy atom. The summed E-state index contributed by atoms with van der Waals surface area (Å²) in [4.78, 5) is 0. The van der Waals surface area contributed by atoms with Gasteiger partial charge in [0.1, 0.15) is 5.75 Å². The number of benzene rings is 1. The minimum absolute atomic E-state index is 0.509. The molecule has 1 N–H and O–H groups in total. The van der Waals surface area contributed by atoms with Gasteiger partial charge in [0.25, 0.3) is 0 Å². The zero-order chi connectivity index (χ0) is 13.4. The lowest BCUT2D eigenvalue weighted by Crippen LogP contribution is -2.25. The number of rotatable bonds is 8. The van der Waals surface area contributed by atoms with Crippen molar-refractivity contribution in [1.82, 2.24) is 5.32 Å². The molecule has 0 saturated heterocycles.